The van der Waals surface area contributed by atoms with Crippen LogP contribution in [0.5, 0.6) is 0 Å². The number of carboxylic acid groups (broad SMARTS) is 1. The van der Waals surface area contributed by atoms with Crippen molar-refractivity contribution in [2.24, 2.45) is 5.73 Å². The lowest BCUT2D eigenvalue weighted by Gasteiger charge is -1.91. The summed E-state index contributed by atoms with van der Waals surface area (Å²) in [5.74, 6) is -1.42. The Labute approximate surface area is 136 Å². The normalized spacial score (nSPS) is 10.9. The van der Waals surface area contributed by atoms with Crippen molar-refractivity contribution in [3.63, 3.8) is 0 Å². The average molecular weight is 352 g/mol. The summed E-state index contributed by atoms with van der Waals surface area (Å²) in [4.78, 5) is 26.2. The third-order valence-corrected chi connectivity index (χ3v) is 5.62. The number of rotatable bonds is 5. The van der Waals surface area contributed by atoms with Crippen molar-refractivity contribution >= 4 is 56.5 Å². The van der Waals surface area contributed by atoms with Gasteiger partial charge in [-0.25, -0.2) is 9.78 Å². The van der Waals surface area contributed by atoms with Crippen molar-refractivity contribution in [1.29, 1.82) is 0 Å². The average Bonchev–Trinajstić information content (AvgIpc) is 3.03. The number of hydrogen-bond acceptors (Lipinski definition) is 8. The van der Waals surface area contributed by atoms with Crippen LogP contribution in [0.25, 0.3) is 10.2 Å². The van der Waals surface area contributed by atoms with E-state index in [1.165, 1.54) is 40.5 Å². The summed E-state index contributed by atoms with van der Waals surface area (Å²) in [5.41, 5.74) is 6.08. The largest absolute Gasteiger partial charge is 0.478 e. The zero-order valence-electron chi connectivity index (χ0n) is 10.8. The topological polar surface area (TPSA) is 119 Å². The van der Waals surface area contributed by atoms with E-state index in [0.29, 0.717) is 9.35 Å². The molecule has 0 atom stereocenters. The number of primary amides is 1. The molecule has 3 N–H and O–H groups in total. The number of thiazole rings is 1. The number of nitrogens with zero attached hydrogens (tertiary/aromatic N) is 3. The van der Waals surface area contributed by atoms with E-state index in [0.717, 1.165) is 14.6 Å². The molecular formula is C12H8N4O3S3. The number of hydrogen-bond donors (Lipinski definition) is 2. The fourth-order valence-electron chi connectivity index (χ4n) is 1.65. The number of aromatic carboxylic acids is 1. The maximum atomic E-state index is 11.0. The van der Waals surface area contributed by atoms with Gasteiger partial charge in [0, 0.05) is 0 Å². The Balaban J connectivity index is 1.83. The summed E-state index contributed by atoms with van der Waals surface area (Å²) in [6.45, 7) is 0. The molecule has 3 rings (SSSR count). The highest BCUT2D eigenvalue weighted by atomic mass is 32.2. The first-order valence-electron chi connectivity index (χ1n) is 5.93. The lowest BCUT2D eigenvalue weighted by atomic mass is 10.2. The molecule has 1 amide bonds. The number of carbonyl (C=O) groups is 2. The second-order valence-corrected chi connectivity index (χ2v) is 7.76. The third-order valence-electron chi connectivity index (χ3n) is 2.56. The summed E-state index contributed by atoms with van der Waals surface area (Å²) in [6.07, 6.45) is 0.0695. The molecule has 0 aliphatic heterocycles. The van der Waals surface area contributed by atoms with Gasteiger partial charge in [-0.3, -0.25) is 4.79 Å². The Morgan fingerprint density at radius 1 is 1.23 bits per heavy atom. The van der Waals surface area contributed by atoms with Gasteiger partial charge in [0.15, 0.2) is 8.68 Å². The minimum atomic E-state index is -0.968. The Morgan fingerprint density at radius 3 is 2.77 bits per heavy atom. The zero-order valence-corrected chi connectivity index (χ0v) is 13.3. The number of aromatic nitrogens is 3. The molecule has 0 saturated carbocycles. The van der Waals surface area contributed by atoms with Crippen LogP contribution < -0.4 is 5.73 Å². The lowest BCUT2D eigenvalue weighted by Crippen LogP contribution is -2.13. The summed E-state index contributed by atoms with van der Waals surface area (Å²) in [7, 11) is 0. The fraction of sp³-hybridized carbons (Fsp3) is 0.0833. The Hall–Kier alpha value is -2.04. The molecule has 10 heteroatoms. The number of benzene rings is 1. The van der Waals surface area contributed by atoms with Crippen molar-refractivity contribution in [2.45, 2.75) is 15.1 Å². The maximum absolute atomic E-state index is 11.0. The van der Waals surface area contributed by atoms with Gasteiger partial charge in [0.25, 0.3) is 0 Å². The third kappa shape index (κ3) is 3.24. The van der Waals surface area contributed by atoms with E-state index in [-0.39, 0.29) is 12.0 Å². The van der Waals surface area contributed by atoms with Crippen molar-refractivity contribution in [2.75, 3.05) is 0 Å². The fourth-order valence-corrected chi connectivity index (χ4v) is 4.87. The number of carboxylic acids is 1. The first kappa shape index (κ1) is 14.9. The molecule has 1 aromatic carbocycles. The molecule has 0 spiro atoms. The number of amides is 1. The van der Waals surface area contributed by atoms with Crippen LogP contribution in [-0.2, 0) is 11.2 Å². The molecule has 0 aliphatic carbocycles. The van der Waals surface area contributed by atoms with E-state index in [9.17, 15) is 9.59 Å². The van der Waals surface area contributed by atoms with Crippen molar-refractivity contribution in [1.82, 2.24) is 15.2 Å². The van der Waals surface area contributed by atoms with Gasteiger partial charge in [-0.15, -0.1) is 21.5 Å². The number of fused-ring (bicyclic) bond motifs is 1. The quantitative estimate of drug-likeness (QED) is 0.721. The standard InChI is InChI=1S/C12H8N4O3S3/c13-8(17)4-9-15-16-12(21-9)22-11-14-6-2-1-5(10(18)19)3-7(6)20-11/h1-3H,4H2,(H2,13,17)(H,18,19). The second kappa shape index (κ2) is 5.99. The van der Waals surface area contributed by atoms with Crippen molar-refractivity contribution in [3.8, 4) is 0 Å². The predicted octanol–water partition coefficient (Wildman–Crippen LogP) is 2.02. The van der Waals surface area contributed by atoms with Gasteiger partial charge in [0.1, 0.15) is 5.01 Å². The van der Waals surface area contributed by atoms with E-state index in [4.69, 9.17) is 10.8 Å². The SMILES string of the molecule is NC(=O)Cc1nnc(Sc2nc3ccc(C(=O)O)cc3s2)s1. The van der Waals surface area contributed by atoms with Crippen LogP contribution in [0.15, 0.2) is 26.9 Å². The molecular weight excluding hydrogens is 344 g/mol. The van der Waals surface area contributed by atoms with Crippen LogP contribution in [-0.4, -0.2) is 32.2 Å². The van der Waals surface area contributed by atoms with E-state index in [1.54, 1.807) is 12.1 Å². The van der Waals surface area contributed by atoms with E-state index >= 15 is 0 Å². The number of nitrogens with two attached hydrogens (primary N) is 1. The van der Waals surface area contributed by atoms with E-state index < -0.39 is 11.9 Å². The molecule has 7 nitrogen and oxygen atoms in total. The summed E-state index contributed by atoms with van der Waals surface area (Å²) in [5, 5.41) is 17.4. The van der Waals surface area contributed by atoms with Crippen LogP contribution in [0.4, 0.5) is 0 Å². The smallest absolute Gasteiger partial charge is 0.335 e. The molecule has 0 unspecified atom stereocenters. The van der Waals surface area contributed by atoms with Crippen molar-refractivity contribution < 1.29 is 14.7 Å². The first-order valence-corrected chi connectivity index (χ1v) is 8.38. The van der Waals surface area contributed by atoms with Crippen LogP contribution in [0.3, 0.4) is 0 Å². The van der Waals surface area contributed by atoms with Crippen LogP contribution in [0, 0.1) is 0 Å². The van der Waals surface area contributed by atoms with Gasteiger partial charge in [-0.05, 0) is 30.0 Å². The lowest BCUT2D eigenvalue weighted by molar-refractivity contribution is -0.117. The summed E-state index contributed by atoms with van der Waals surface area (Å²) >= 11 is 4.00. The van der Waals surface area contributed by atoms with E-state index in [1.807, 2.05) is 0 Å². The zero-order chi connectivity index (χ0) is 15.7. The molecule has 0 aliphatic rings. The highest BCUT2D eigenvalue weighted by Gasteiger charge is 2.12. The maximum Gasteiger partial charge on any atom is 0.335 e. The summed E-state index contributed by atoms with van der Waals surface area (Å²) < 4.78 is 2.19. The molecule has 22 heavy (non-hydrogen) atoms. The highest BCUT2D eigenvalue weighted by molar-refractivity contribution is 8.02. The molecule has 112 valence electrons. The monoisotopic (exact) mass is 352 g/mol. The molecule has 0 bridgehead atoms. The highest BCUT2D eigenvalue weighted by Crippen LogP contribution is 2.36. The molecule has 2 aromatic heterocycles. The molecule has 3 aromatic rings. The van der Waals surface area contributed by atoms with Gasteiger partial charge in [0.05, 0.1) is 22.2 Å². The van der Waals surface area contributed by atoms with E-state index in [2.05, 4.69) is 15.2 Å². The summed E-state index contributed by atoms with van der Waals surface area (Å²) in [6, 6.07) is 4.80. The van der Waals surface area contributed by atoms with Crippen molar-refractivity contribution in [3.05, 3.63) is 28.8 Å². The Kier molecular flexibility index (Phi) is 4.05. The molecule has 0 fully saturated rings. The second-order valence-electron chi connectivity index (χ2n) is 4.17. The van der Waals surface area contributed by atoms with Crippen LogP contribution in [0.2, 0.25) is 0 Å². The van der Waals surface area contributed by atoms with Gasteiger partial charge in [-0.2, -0.15) is 0 Å². The van der Waals surface area contributed by atoms with Crippen LogP contribution in [0.1, 0.15) is 15.4 Å². The predicted molar refractivity (Wildman–Crippen MR) is 83.5 cm³/mol. The Bertz CT molecular complexity index is 874. The molecule has 0 saturated heterocycles. The first-order chi connectivity index (χ1) is 10.5. The molecule has 0 radical (unpaired) electrons. The van der Waals surface area contributed by atoms with Gasteiger partial charge in [-0.1, -0.05) is 11.3 Å². The van der Waals surface area contributed by atoms with Gasteiger partial charge in [0.2, 0.25) is 5.91 Å². The minimum absolute atomic E-state index is 0.0695. The minimum Gasteiger partial charge on any atom is -0.478 e. The Morgan fingerprint density at radius 2 is 2.05 bits per heavy atom. The van der Waals surface area contributed by atoms with Crippen LogP contribution >= 0.6 is 34.4 Å². The number of carbonyl (C=O) groups excluding carboxylic acids is 1. The van der Waals surface area contributed by atoms with Gasteiger partial charge >= 0.3 is 5.97 Å². The van der Waals surface area contributed by atoms with Gasteiger partial charge < -0.3 is 10.8 Å². The molecule has 2 heterocycles.